The summed E-state index contributed by atoms with van der Waals surface area (Å²) in [7, 11) is 0. The number of rotatable bonds is 3. The molecule has 0 aliphatic carbocycles. The van der Waals surface area contributed by atoms with Gasteiger partial charge in [-0.05, 0) is 31.9 Å². The summed E-state index contributed by atoms with van der Waals surface area (Å²) < 4.78 is 37.2. The smallest absolute Gasteiger partial charge is 0.259 e. The van der Waals surface area contributed by atoms with Crippen LogP contribution in [0.25, 0.3) is 11.4 Å². The number of halogens is 2. The first kappa shape index (κ1) is 17.3. The fourth-order valence-electron chi connectivity index (χ4n) is 3.22. The minimum absolute atomic E-state index is 0.0563. The van der Waals surface area contributed by atoms with Crippen molar-refractivity contribution in [2.45, 2.75) is 25.7 Å². The quantitative estimate of drug-likeness (QED) is 0.699. The van der Waals surface area contributed by atoms with Gasteiger partial charge in [0, 0.05) is 19.2 Å². The van der Waals surface area contributed by atoms with Crippen molar-refractivity contribution < 1.29 is 22.6 Å². The van der Waals surface area contributed by atoms with Crippen molar-refractivity contribution in [2.24, 2.45) is 0 Å². The lowest BCUT2D eigenvalue weighted by Gasteiger charge is -2.30. The average Bonchev–Trinajstić information content (AvgIpc) is 3.30. The molecule has 1 saturated heterocycles. The minimum Gasteiger partial charge on any atom is -0.361 e. The van der Waals surface area contributed by atoms with Gasteiger partial charge < -0.3 is 13.9 Å². The number of benzene rings is 1. The molecular formula is C18H16F2N4O3. The Bertz CT molecular complexity index is 985. The van der Waals surface area contributed by atoms with Gasteiger partial charge in [-0.15, -0.1) is 0 Å². The van der Waals surface area contributed by atoms with Gasteiger partial charge in [-0.1, -0.05) is 10.3 Å². The maximum Gasteiger partial charge on any atom is 0.259 e. The maximum atomic E-state index is 13.9. The SMILES string of the molecule is Cc1oncc1C(=O)N1CCC[C@H](c2nc(-c3ccc(F)cc3F)no2)C1. The number of hydrogen-bond donors (Lipinski definition) is 0. The zero-order valence-electron chi connectivity index (χ0n) is 14.5. The van der Waals surface area contributed by atoms with Crippen molar-refractivity contribution in [3.63, 3.8) is 0 Å². The summed E-state index contributed by atoms with van der Waals surface area (Å²) >= 11 is 0. The third kappa shape index (κ3) is 3.32. The Kier molecular flexibility index (Phi) is 4.43. The Morgan fingerprint density at radius 3 is 2.89 bits per heavy atom. The molecule has 140 valence electrons. The summed E-state index contributed by atoms with van der Waals surface area (Å²) in [4.78, 5) is 18.6. The number of hydrogen-bond acceptors (Lipinski definition) is 6. The van der Waals surface area contributed by atoms with Crippen LogP contribution in [-0.2, 0) is 0 Å². The van der Waals surface area contributed by atoms with E-state index in [1.165, 1.54) is 12.3 Å². The monoisotopic (exact) mass is 374 g/mol. The van der Waals surface area contributed by atoms with E-state index in [0.29, 0.717) is 30.3 Å². The van der Waals surface area contributed by atoms with Crippen LogP contribution in [0.15, 0.2) is 33.4 Å². The van der Waals surface area contributed by atoms with Crippen molar-refractivity contribution in [3.05, 3.63) is 53.2 Å². The van der Waals surface area contributed by atoms with Gasteiger partial charge in [-0.2, -0.15) is 4.98 Å². The molecule has 1 aromatic carbocycles. The van der Waals surface area contributed by atoms with Crippen LogP contribution in [0.4, 0.5) is 8.78 Å². The van der Waals surface area contributed by atoms with E-state index in [0.717, 1.165) is 25.0 Å². The normalized spacial score (nSPS) is 17.3. The van der Waals surface area contributed by atoms with Crippen LogP contribution < -0.4 is 0 Å². The van der Waals surface area contributed by atoms with E-state index < -0.39 is 11.6 Å². The zero-order valence-corrected chi connectivity index (χ0v) is 14.5. The van der Waals surface area contributed by atoms with E-state index >= 15 is 0 Å². The first-order chi connectivity index (χ1) is 13.0. The second-order valence-corrected chi connectivity index (χ2v) is 6.47. The highest BCUT2D eigenvalue weighted by atomic mass is 19.1. The molecular weight excluding hydrogens is 358 g/mol. The number of likely N-dealkylation sites (tertiary alicyclic amines) is 1. The van der Waals surface area contributed by atoms with E-state index in [-0.39, 0.29) is 23.2 Å². The van der Waals surface area contributed by atoms with Crippen LogP contribution in [0.2, 0.25) is 0 Å². The molecule has 0 spiro atoms. The topological polar surface area (TPSA) is 85.3 Å². The molecule has 1 aliphatic heterocycles. The van der Waals surface area contributed by atoms with Gasteiger partial charge in [0.1, 0.15) is 23.0 Å². The summed E-state index contributed by atoms with van der Waals surface area (Å²) in [6.45, 7) is 2.69. The van der Waals surface area contributed by atoms with Crippen LogP contribution in [0.3, 0.4) is 0 Å². The molecule has 7 nitrogen and oxygen atoms in total. The molecule has 3 heterocycles. The number of aryl methyl sites for hydroxylation is 1. The van der Waals surface area contributed by atoms with Crippen molar-refractivity contribution in [1.82, 2.24) is 20.2 Å². The van der Waals surface area contributed by atoms with Gasteiger partial charge in [0.2, 0.25) is 11.7 Å². The summed E-state index contributed by atoms with van der Waals surface area (Å²) in [5.74, 6) is -0.908. The fourth-order valence-corrected chi connectivity index (χ4v) is 3.22. The molecule has 0 radical (unpaired) electrons. The Morgan fingerprint density at radius 2 is 2.15 bits per heavy atom. The van der Waals surface area contributed by atoms with Gasteiger partial charge in [-0.3, -0.25) is 4.79 Å². The van der Waals surface area contributed by atoms with Crippen LogP contribution in [0, 0.1) is 18.6 Å². The van der Waals surface area contributed by atoms with Crippen molar-refractivity contribution in [1.29, 1.82) is 0 Å². The number of piperidine rings is 1. The molecule has 0 unspecified atom stereocenters. The molecule has 9 heteroatoms. The Balaban J connectivity index is 1.53. The number of carbonyl (C=O) groups excluding carboxylic acids is 1. The van der Waals surface area contributed by atoms with Gasteiger partial charge in [0.05, 0.1) is 17.7 Å². The Labute approximate surface area is 152 Å². The average molecular weight is 374 g/mol. The lowest BCUT2D eigenvalue weighted by atomic mass is 9.97. The first-order valence-corrected chi connectivity index (χ1v) is 8.52. The first-order valence-electron chi connectivity index (χ1n) is 8.52. The third-order valence-corrected chi connectivity index (χ3v) is 4.65. The number of nitrogens with zero attached hydrogens (tertiary/aromatic N) is 4. The molecule has 0 saturated carbocycles. The van der Waals surface area contributed by atoms with E-state index in [1.54, 1.807) is 11.8 Å². The Morgan fingerprint density at radius 1 is 1.30 bits per heavy atom. The van der Waals surface area contributed by atoms with Gasteiger partial charge in [0.25, 0.3) is 5.91 Å². The lowest BCUT2D eigenvalue weighted by molar-refractivity contribution is 0.0694. The maximum absolute atomic E-state index is 13.9. The second-order valence-electron chi connectivity index (χ2n) is 6.47. The molecule has 1 atom stereocenters. The predicted octanol–water partition coefficient (Wildman–Crippen LogP) is 3.33. The highest BCUT2D eigenvalue weighted by molar-refractivity contribution is 5.94. The molecule has 1 aliphatic rings. The van der Waals surface area contributed by atoms with Gasteiger partial charge in [0.15, 0.2) is 0 Å². The highest BCUT2D eigenvalue weighted by Gasteiger charge is 2.30. The summed E-state index contributed by atoms with van der Waals surface area (Å²) in [6.07, 6.45) is 2.94. The van der Waals surface area contributed by atoms with Crippen LogP contribution in [0.1, 0.15) is 40.8 Å². The largest absolute Gasteiger partial charge is 0.361 e. The fraction of sp³-hybridized carbons (Fsp3) is 0.333. The molecule has 3 aromatic rings. The lowest BCUT2D eigenvalue weighted by Crippen LogP contribution is -2.39. The van der Waals surface area contributed by atoms with Crippen LogP contribution >= 0.6 is 0 Å². The predicted molar refractivity (Wildman–Crippen MR) is 88.8 cm³/mol. The summed E-state index contributed by atoms with van der Waals surface area (Å²) in [5, 5.41) is 7.45. The molecule has 0 bridgehead atoms. The third-order valence-electron chi connectivity index (χ3n) is 4.65. The molecule has 1 fully saturated rings. The van der Waals surface area contributed by atoms with Crippen LogP contribution in [0.5, 0.6) is 0 Å². The van der Waals surface area contributed by atoms with Crippen LogP contribution in [-0.4, -0.2) is 39.2 Å². The van der Waals surface area contributed by atoms with Crippen molar-refractivity contribution in [2.75, 3.05) is 13.1 Å². The number of aromatic nitrogens is 3. The highest BCUT2D eigenvalue weighted by Crippen LogP contribution is 2.29. The molecule has 1 amide bonds. The number of carbonyl (C=O) groups is 1. The molecule has 0 N–H and O–H groups in total. The van der Waals surface area contributed by atoms with Gasteiger partial charge >= 0.3 is 0 Å². The molecule has 27 heavy (non-hydrogen) atoms. The number of amides is 1. The van der Waals surface area contributed by atoms with Crippen molar-refractivity contribution >= 4 is 5.91 Å². The Hall–Kier alpha value is -3.10. The van der Waals surface area contributed by atoms with E-state index in [4.69, 9.17) is 9.05 Å². The van der Waals surface area contributed by atoms with E-state index in [9.17, 15) is 13.6 Å². The molecule has 2 aromatic heterocycles. The van der Waals surface area contributed by atoms with E-state index in [1.807, 2.05) is 0 Å². The minimum atomic E-state index is -0.759. The van der Waals surface area contributed by atoms with Gasteiger partial charge in [-0.25, -0.2) is 8.78 Å². The standard InChI is InChI=1S/C18H16F2N4O3/c1-10-14(8-21-26-10)18(25)24-6-2-3-11(9-24)17-22-16(23-27-17)13-5-4-12(19)7-15(13)20/h4-5,7-8,11H,2-3,6,9H2,1H3/t11-/m0/s1. The van der Waals surface area contributed by atoms with E-state index in [2.05, 4.69) is 15.3 Å². The summed E-state index contributed by atoms with van der Waals surface area (Å²) in [5.41, 5.74) is 0.491. The second kappa shape index (κ2) is 6.90. The zero-order chi connectivity index (χ0) is 19.0. The van der Waals surface area contributed by atoms with Crippen molar-refractivity contribution in [3.8, 4) is 11.4 Å². The summed E-state index contributed by atoms with van der Waals surface area (Å²) in [6, 6.07) is 3.18. The molecule has 4 rings (SSSR count).